The van der Waals surface area contributed by atoms with Gasteiger partial charge < -0.3 is 0 Å². The zero-order valence-corrected chi connectivity index (χ0v) is 18.8. The van der Waals surface area contributed by atoms with Crippen molar-refractivity contribution in [2.24, 2.45) is 15.3 Å². The first-order valence-corrected chi connectivity index (χ1v) is 10.8. The summed E-state index contributed by atoms with van der Waals surface area (Å²) in [6.45, 7) is 3.71. The van der Waals surface area contributed by atoms with E-state index in [1.165, 1.54) is 34.5 Å². The quantitative estimate of drug-likeness (QED) is 0.256. The van der Waals surface area contributed by atoms with Crippen LogP contribution in [0.4, 0.5) is 16.5 Å². The van der Waals surface area contributed by atoms with Gasteiger partial charge in [-0.1, -0.05) is 29.8 Å². The van der Waals surface area contributed by atoms with Crippen molar-refractivity contribution in [2.75, 3.05) is 5.01 Å². The van der Waals surface area contributed by atoms with Gasteiger partial charge in [0.05, 0.1) is 26.5 Å². The fraction of sp³-hybridized carbons (Fsp3) is 0.150. The number of amides is 1. The number of carbonyl (C=O) groups is 1. The fourth-order valence-electron chi connectivity index (χ4n) is 2.86. The van der Waals surface area contributed by atoms with Crippen molar-refractivity contribution in [1.29, 1.82) is 0 Å². The summed E-state index contributed by atoms with van der Waals surface area (Å²) in [4.78, 5) is 27.8. The number of rotatable bonds is 5. The minimum Gasteiger partial charge on any atom is -0.269 e. The predicted octanol–water partition coefficient (Wildman–Crippen LogP) is 5.66. The van der Waals surface area contributed by atoms with Crippen molar-refractivity contribution in [3.63, 3.8) is 0 Å². The maximum absolute atomic E-state index is 12.9. The highest BCUT2D eigenvalue weighted by Crippen LogP contribution is 2.32. The van der Waals surface area contributed by atoms with E-state index in [0.29, 0.717) is 21.0 Å². The largest absolute Gasteiger partial charge is 0.282 e. The number of anilines is 1. The number of non-ortho nitro benzene ring substituents is 1. The van der Waals surface area contributed by atoms with Gasteiger partial charge in [0.1, 0.15) is 0 Å². The van der Waals surface area contributed by atoms with Crippen LogP contribution >= 0.6 is 27.3 Å². The Labute approximate surface area is 189 Å². The number of nitro benzene ring substituents is 1. The van der Waals surface area contributed by atoms with Crippen molar-refractivity contribution in [2.45, 2.75) is 19.9 Å². The van der Waals surface area contributed by atoms with Crippen LogP contribution in [0.3, 0.4) is 0 Å². The van der Waals surface area contributed by atoms with E-state index in [0.717, 1.165) is 16.8 Å². The number of nitrogens with zero attached hydrogens (tertiary/aromatic N) is 6. The minimum atomic E-state index is -0.881. The lowest BCUT2D eigenvalue weighted by Gasteiger charge is -2.08. The number of benzene rings is 2. The van der Waals surface area contributed by atoms with E-state index in [9.17, 15) is 14.9 Å². The van der Waals surface area contributed by atoms with Crippen LogP contribution in [-0.2, 0) is 4.79 Å². The molecule has 2 aromatic carbocycles. The number of aryl methyl sites for hydroxylation is 1. The van der Waals surface area contributed by atoms with E-state index in [1.807, 2.05) is 36.6 Å². The number of hydrogen-bond donors (Lipinski definition) is 0. The standard InChI is InChI=1S/C20H15BrN6O3S/c1-11-3-5-13(6-4-11)17-10-31-20(22-17)26-19(28)18(12(2)25-26)24-23-16-8-7-14(27(29)30)9-15(16)21/h3-10,18H,1-2H3/t18-/m0/s1. The third kappa shape index (κ3) is 4.28. The molecule has 0 saturated heterocycles. The van der Waals surface area contributed by atoms with Crippen LogP contribution in [0.2, 0.25) is 0 Å². The smallest absolute Gasteiger partial charge is 0.269 e. The molecule has 1 aliphatic rings. The van der Waals surface area contributed by atoms with Gasteiger partial charge in [0.2, 0.25) is 5.13 Å². The van der Waals surface area contributed by atoms with E-state index < -0.39 is 11.0 Å². The van der Waals surface area contributed by atoms with E-state index >= 15 is 0 Å². The van der Waals surface area contributed by atoms with Gasteiger partial charge in [0.25, 0.3) is 11.6 Å². The molecule has 0 N–H and O–H groups in total. The Kier molecular flexibility index (Phi) is 5.70. The van der Waals surface area contributed by atoms with Crippen molar-refractivity contribution in [3.8, 4) is 11.3 Å². The molecule has 3 aromatic rings. The Hall–Kier alpha value is -3.31. The van der Waals surface area contributed by atoms with Gasteiger partial charge in [-0.25, -0.2) is 4.98 Å². The molecule has 1 aliphatic heterocycles. The molecule has 0 radical (unpaired) electrons. The molecule has 0 saturated carbocycles. The van der Waals surface area contributed by atoms with Gasteiger partial charge in [-0.3, -0.25) is 14.9 Å². The minimum absolute atomic E-state index is 0.0696. The molecule has 0 bridgehead atoms. The first kappa shape index (κ1) is 20.9. The second-order valence-electron chi connectivity index (χ2n) is 6.78. The van der Waals surface area contributed by atoms with Crippen molar-refractivity contribution in [1.82, 2.24) is 4.98 Å². The van der Waals surface area contributed by atoms with Crippen LogP contribution in [0.15, 0.2) is 67.6 Å². The SMILES string of the molecule is CC1=NN(c2nc(-c3ccc(C)cc3)cs2)C(=O)[C@H]1N=Nc1ccc([N+](=O)[O-])cc1Br. The lowest BCUT2D eigenvalue weighted by atomic mass is 10.1. The van der Waals surface area contributed by atoms with Crippen molar-refractivity contribution in [3.05, 3.63) is 68.0 Å². The van der Waals surface area contributed by atoms with Crippen molar-refractivity contribution >= 4 is 55.4 Å². The Balaban J connectivity index is 1.53. The zero-order chi connectivity index (χ0) is 22.1. The summed E-state index contributed by atoms with van der Waals surface area (Å²) in [6.07, 6.45) is 0. The average molecular weight is 499 g/mol. The average Bonchev–Trinajstić information content (AvgIpc) is 3.33. The highest BCUT2D eigenvalue weighted by atomic mass is 79.9. The molecule has 0 aliphatic carbocycles. The van der Waals surface area contributed by atoms with E-state index in [4.69, 9.17) is 0 Å². The van der Waals surface area contributed by atoms with Crippen LogP contribution < -0.4 is 5.01 Å². The maximum Gasteiger partial charge on any atom is 0.282 e. The second kappa shape index (κ2) is 8.44. The summed E-state index contributed by atoms with van der Waals surface area (Å²) in [5.41, 5.74) is 3.67. The number of hydrogen-bond acceptors (Lipinski definition) is 8. The van der Waals surface area contributed by atoms with Crippen LogP contribution in [0.1, 0.15) is 12.5 Å². The fourth-order valence-corrected chi connectivity index (χ4v) is 4.09. The van der Waals surface area contributed by atoms with Gasteiger partial charge in [-0.15, -0.1) is 11.3 Å². The van der Waals surface area contributed by atoms with Crippen LogP contribution in [0.5, 0.6) is 0 Å². The predicted molar refractivity (Wildman–Crippen MR) is 122 cm³/mol. The Bertz CT molecular complexity index is 1240. The topological polar surface area (TPSA) is 113 Å². The van der Waals surface area contributed by atoms with Gasteiger partial charge in [-0.2, -0.15) is 20.3 Å². The number of halogens is 1. The number of hydrazone groups is 1. The number of azo groups is 1. The molecule has 2 heterocycles. The summed E-state index contributed by atoms with van der Waals surface area (Å²) < 4.78 is 0.407. The molecule has 0 fully saturated rings. The summed E-state index contributed by atoms with van der Waals surface area (Å²) in [5, 5.41) is 26.9. The third-order valence-electron chi connectivity index (χ3n) is 4.54. The lowest BCUT2D eigenvalue weighted by molar-refractivity contribution is -0.384. The molecule has 4 rings (SSSR count). The summed E-state index contributed by atoms with van der Waals surface area (Å²) in [5.74, 6) is -0.357. The molecule has 1 aromatic heterocycles. The van der Waals surface area contributed by atoms with E-state index in [2.05, 4.69) is 36.2 Å². The van der Waals surface area contributed by atoms with Crippen LogP contribution in [-0.4, -0.2) is 27.6 Å². The highest BCUT2D eigenvalue weighted by Gasteiger charge is 2.36. The molecule has 31 heavy (non-hydrogen) atoms. The van der Waals surface area contributed by atoms with Gasteiger partial charge in [0.15, 0.2) is 6.04 Å². The number of aromatic nitrogens is 1. The van der Waals surface area contributed by atoms with Crippen LogP contribution in [0.25, 0.3) is 11.3 Å². The Morgan fingerprint density at radius 2 is 1.94 bits per heavy atom. The third-order valence-corrected chi connectivity index (χ3v) is 5.99. The summed E-state index contributed by atoms with van der Waals surface area (Å²) in [6, 6.07) is 11.2. The zero-order valence-electron chi connectivity index (χ0n) is 16.4. The highest BCUT2D eigenvalue weighted by molar-refractivity contribution is 9.10. The normalized spacial score (nSPS) is 16.2. The first-order chi connectivity index (χ1) is 14.8. The van der Waals surface area contributed by atoms with Gasteiger partial charge in [0, 0.05) is 23.1 Å². The molecule has 9 nitrogen and oxygen atoms in total. The second-order valence-corrected chi connectivity index (χ2v) is 8.47. The number of nitro groups is 1. The Morgan fingerprint density at radius 3 is 2.61 bits per heavy atom. The van der Waals surface area contributed by atoms with E-state index in [1.54, 1.807) is 6.92 Å². The number of thiazole rings is 1. The molecule has 1 amide bonds. The van der Waals surface area contributed by atoms with Crippen molar-refractivity contribution < 1.29 is 9.72 Å². The lowest BCUT2D eigenvalue weighted by Crippen LogP contribution is -2.29. The summed E-state index contributed by atoms with van der Waals surface area (Å²) in [7, 11) is 0. The molecule has 1 atom stereocenters. The maximum atomic E-state index is 12.9. The monoisotopic (exact) mass is 498 g/mol. The first-order valence-electron chi connectivity index (χ1n) is 9.10. The van der Waals surface area contributed by atoms with Crippen LogP contribution in [0, 0.1) is 17.0 Å². The molecule has 0 unspecified atom stereocenters. The molecular formula is C20H15BrN6O3S. The summed E-state index contributed by atoms with van der Waals surface area (Å²) >= 11 is 4.56. The molecular weight excluding hydrogens is 484 g/mol. The molecule has 11 heteroatoms. The van der Waals surface area contributed by atoms with Gasteiger partial charge >= 0.3 is 0 Å². The van der Waals surface area contributed by atoms with E-state index in [-0.39, 0.29) is 11.6 Å². The number of carbonyl (C=O) groups excluding carboxylic acids is 1. The Morgan fingerprint density at radius 1 is 1.19 bits per heavy atom. The molecule has 0 spiro atoms. The molecule has 156 valence electrons. The van der Waals surface area contributed by atoms with Gasteiger partial charge in [-0.05, 0) is 35.8 Å².